The first-order valence-corrected chi connectivity index (χ1v) is 6.08. The van der Waals surface area contributed by atoms with E-state index in [-0.39, 0.29) is 0 Å². The zero-order valence-electron chi connectivity index (χ0n) is 10.6. The lowest BCUT2D eigenvalue weighted by atomic mass is 9.73. The summed E-state index contributed by atoms with van der Waals surface area (Å²) < 4.78 is 0. The quantitative estimate of drug-likeness (QED) is 0.713. The van der Waals surface area contributed by atoms with Gasteiger partial charge in [-0.05, 0) is 30.1 Å². The summed E-state index contributed by atoms with van der Waals surface area (Å²) in [5.74, 6) is 0. The fraction of sp³-hybridized carbons (Fsp3) is 1.00. The minimum atomic E-state index is 0.464. The molecule has 1 atom stereocenters. The van der Waals surface area contributed by atoms with Crippen LogP contribution in [-0.2, 0) is 0 Å². The van der Waals surface area contributed by atoms with Gasteiger partial charge in [-0.25, -0.2) is 0 Å². The number of rotatable bonds is 2. The van der Waals surface area contributed by atoms with Crippen molar-refractivity contribution in [2.24, 2.45) is 10.8 Å². The van der Waals surface area contributed by atoms with Gasteiger partial charge in [-0.2, -0.15) is 0 Å². The molecule has 14 heavy (non-hydrogen) atoms. The average molecular weight is 197 g/mol. The normalized spacial score (nSPS) is 31.1. The first kappa shape index (κ1) is 12.0. The predicted molar refractivity (Wildman–Crippen MR) is 63.5 cm³/mol. The lowest BCUT2D eigenvalue weighted by Crippen LogP contribution is -2.33. The Labute approximate surface area is 89.7 Å². The van der Waals surface area contributed by atoms with Crippen molar-refractivity contribution < 1.29 is 0 Å². The molecule has 1 heterocycles. The number of hydrogen-bond acceptors (Lipinski definition) is 1. The Hall–Kier alpha value is -0.0400. The zero-order valence-corrected chi connectivity index (χ0v) is 10.6. The van der Waals surface area contributed by atoms with E-state index in [0.29, 0.717) is 10.8 Å². The van der Waals surface area contributed by atoms with Crippen LogP contribution < -0.4 is 5.32 Å². The fourth-order valence-electron chi connectivity index (χ4n) is 3.14. The van der Waals surface area contributed by atoms with Crippen LogP contribution in [0.5, 0.6) is 0 Å². The summed E-state index contributed by atoms with van der Waals surface area (Å²) in [5.41, 5.74) is 0.971. The molecule has 0 radical (unpaired) electrons. The van der Waals surface area contributed by atoms with E-state index < -0.39 is 0 Å². The monoisotopic (exact) mass is 197 g/mol. The molecule has 0 aromatic carbocycles. The van der Waals surface area contributed by atoms with Gasteiger partial charge in [0.05, 0.1) is 0 Å². The Bertz CT molecular complexity index is 182. The molecule has 0 aliphatic carbocycles. The Morgan fingerprint density at radius 2 is 1.79 bits per heavy atom. The molecule has 1 heteroatoms. The summed E-state index contributed by atoms with van der Waals surface area (Å²) in [7, 11) is 0. The number of hydrogen-bond donors (Lipinski definition) is 1. The Kier molecular flexibility index (Phi) is 3.63. The molecule has 1 nitrogen and oxygen atoms in total. The predicted octanol–water partition coefficient (Wildman–Crippen LogP) is 3.59. The van der Waals surface area contributed by atoms with E-state index in [2.05, 4.69) is 39.9 Å². The molecule has 0 amide bonds. The minimum Gasteiger partial charge on any atom is -0.313 e. The zero-order chi connectivity index (χ0) is 10.8. The molecule has 0 saturated carbocycles. The third kappa shape index (κ3) is 3.61. The molecular formula is C13H27N. The van der Waals surface area contributed by atoms with Crippen LogP contribution in [-0.4, -0.2) is 12.6 Å². The summed E-state index contributed by atoms with van der Waals surface area (Å²) in [6.07, 6.45) is 5.31. The van der Waals surface area contributed by atoms with Crippen LogP contribution >= 0.6 is 0 Å². The van der Waals surface area contributed by atoms with Crippen molar-refractivity contribution in [2.75, 3.05) is 6.54 Å². The smallest absolute Gasteiger partial charge is 0.00722 e. The van der Waals surface area contributed by atoms with Gasteiger partial charge in [-0.3, -0.25) is 0 Å². The molecule has 1 aliphatic heterocycles. The van der Waals surface area contributed by atoms with Crippen molar-refractivity contribution in [3.63, 3.8) is 0 Å². The molecule has 0 bridgehead atoms. The number of nitrogens with one attached hydrogen (secondary N) is 1. The molecule has 1 saturated heterocycles. The summed E-state index contributed by atoms with van der Waals surface area (Å²) in [5, 5.41) is 3.73. The molecule has 84 valence electrons. The minimum absolute atomic E-state index is 0.464. The molecule has 0 aromatic rings. The summed E-state index contributed by atoms with van der Waals surface area (Å²) in [6.45, 7) is 13.1. The summed E-state index contributed by atoms with van der Waals surface area (Å²) >= 11 is 0. The second-order valence-electron chi connectivity index (χ2n) is 6.58. The molecule has 0 spiro atoms. The topological polar surface area (TPSA) is 12.0 Å². The fourth-order valence-corrected chi connectivity index (χ4v) is 3.14. The van der Waals surface area contributed by atoms with Gasteiger partial charge in [-0.15, -0.1) is 0 Å². The highest BCUT2D eigenvalue weighted by molar-refractivity contribution is 4.89. The van der Waals surface area contributed by atoms with Gasteiger partial charge in [-0.1, -0.05) is 41.0 Å². The average Bonchev–Trinajstić information content (AvgIpc) is 2.06. The van der Waals surface area contributed by atoms with Crippen molar-refractivity contribution in [2.45, 2.75) is 66.3 Å². The second kappa shape index (κ2) is 4.22. The first-order chi connectivity index (χ1) is 6.35. The van der Waals surface area contributed by atoms with Gasteiger partial charge in [0.2, 0.25) is 0 Å². The van der Waals surface area contributed by atoms with E-state index in [1.54, 1.807) is 0 Å². The van der Waals surface area contributed by atoms with Crippen LogP contribution in [0.25, 0.3) is 0 Å². The summed E-state index contributed by atoms with van der Waals surface area (Å²) in [6, 6.07) is 0.747. The van der Waals surface area contributed by atoms with Gasteiger partial charge in [0.1, 0.15) is 0 Å². The van der Waals surface area contributed by atoms with Gasteiger partial charge >= 0.3 is 0 Å². The first-order valence-electron chi connectivity index (χ1n) is 6.08. The van der Waals surface area contributed by atoms with Crippen molar-refractivity contribution >= 4 is 0 Å². The maximum Gasteiger partial charge on any atom is 0.00722 e. The molecule has 0 aromatic heterocycles. The largest absolute Gasteiger partial charge is 0.313 e. The maximum atomic E-state index is 3.73. The van der Waals surface area contributed by atoms with Crippen LogP contribution in [0, 0.1) is 10.8 Å². The van der Waals surface area contributed by atoms with E-state index in [0.717, 1.165) is 6.04 Å². The third-order valence-corrected chi connectivity index (χ3v) is 3.26. The van der Waals surface area contributed by atoms with Gasteiger partial charge < -0.3 is 5.32 Å². The molecule has 1 aliphatic rings. The van der Waals surface area contributed by atoms with Crippen molar-refractivity contribution in [3.8, 4) is 0 Å². The lowest BCUT2D eigenvalue weighted by molar-refractivity contribution is 0.208. The molecule has 1 fully saturated rings. The highest BCUT2D eigenvalue weighted by Crippen LogP contribution is 2.39. The lowest BCUT2D eigenvalue weighted by Gasteiger charge is -2.31. The highest BCUT2D eigenvalue weighted by Gasteiger charge is 2.34. The highest BCUT2D eigenvalue weighted by atomic mass is 14.9. The SMILES string of the molecule is CCCC1CC(C)(C)CC(C)(C)CN1. The van der Waals surface area contributed by atoms with Crippen molar-refractivity contribution in [3.05, 3.63) is 0 Å². The van der Waals surface area contributed by atoms with Gasteiger partial charge in [0, 0.05) is 12.6 Å². The summed E-state index contributed by atoms with van der Waals surface area (Å²) in [4.78, 5) is 0. The molecular weight excluding hydrogens is 170 g/mol. The van der Waals surface area contributed by atoms with Crippen LogP contribution in [0.3, 0.4) is 0 Å². The van der Waals surface area contributed by atoms with E-state index >= 15 is 0 Å². The van der Waals surface area contributed by atoms with Crippen LogP contribution in [0.1, 0.15) is 60.3 Å². The van der Waals surface area contributed by atoms with Crippen LogP contribution in [0.2, 0.25) is 0 Å². The molecule has 1 rings (SSSR count). The van der Waals surface area contributed by atoms with E-state index in [1.807, 2.05) is 0 Å². The van der Waals surface area contributed by atoms with Crippen molar-refractivity contribution in [1.29, 1.82) is 0 Å². The Morgan fingerprint density at radius 1 is 1.14 bits per heavy atom. The Balaban J connectivity index is 2.64. The second-order valence-corrected chi connectivity index (χ2v) is 6.58. The van der Waals surface area contributed by atoms with E-state index in [9.17, 15) is 0 Å². The third-order valence-electron chi connectivity index (χ3n) is 3.26. The van der Waals surface area contributed by atoms with Gasteiger partial charge in [0.25, 0.3) is 0 Å². The van der Waals surface area contributed by atoms with Crippen LogP contribution in [0.15, 0.2) is 0 Å². The maximum absolute atomic E-state index is 3.73. The van der Waals surface area contributed by atoms with Gasteiger partial charge in [0.15, 0.2) is 0 Å². The van der Waals surface area contributed by atoms with E-state index in [1.165, 1.54) is 32.2 Å². The Morgan fingerprint density at radius 3 is 2.36 bits per heavy atom. The van der Waals surface area contributed by atoms with Crippen molar-refractivity contribution in [1.82, 2.24) is 5.32 Å². The van der Waals surface area contributed by atoms with Crippen LogP contribution in [0.4, 0.5) is 0 Å². The molecule has 1 N–H and O–H groups in total. The van der Waals surface area contributed by atoms with E-state index in [4.69, 9.17) is 0 Å². The standard InChI is InChI=1S/C13H27N/c1-6-7-11-8-12(2,3)9-13(4,5)10-14-11/h11,14H,6-10H2,1-5H3. The molecule has 1 unspecified atom stereocenters.